The zero-order valence-corrected chi connectivity index (χ0v) is 12.9. The smallest absolute Gasteiger partial charge is 0.137 e. The number of rotatable bonds is 4. The van der Waals surface area contributed by atoms with Crippen LogP contribution in [0.3, 0.4) is 0 Å². The molecule has 1 aliphatic rings. The van der Waals surface area contributed by atoms with E-state index in [4.69, 9.17) is 10.6 Å². The van der Waals surface area contributed by atoms with Gasteiger partial charge >= 0.3 is 0 Å². The van der Waals surface area contributed by atoms with E-state index in [2.05, 4.69) is 27.4 Å². The number of nitrogens with two attached hydrogens (primary N) is 1. The lowest BCUT2D eigenvalue weighted by atomic mass is 9.89. The maximum atomic E-state index is 13.6. The Bertz CT molecular complexity index is 650. The number of halogens is 2. The molecule has 21 heavy (non-hydrogen) atoms. The third kappa shape index (κ3) is 2.81. The lowest BCUT2D eigenvalue weighted by molar-refractivity contribution is 0.297. The number of nitrogens with one attached hydrogen (secondary N) is 1. The largest absolute Gasteiger partial charge is 0.493 e. The van der Waals surface area contributed by atoms with Crippen LogP contribution in [0.1, 0.15) is 17.0 Å². The maximum Gasteiger partial charge on any atom is 0.137 e. The summed E-state index contributed by atoms with van der Waals surface area (Å²) < 4.78 is 19.8. The van der Waals surface area contributed by atoms with Gasteiger partial charge in [-0.05, 0) is 40.0 Å². The van der Waals surface area contributed by atoms with Crippen molar-refractivity contribution in [3.63, 3.8) is 0 Å². The second kappa shape index (κ2) is 6.13. The summed E-state index contributed by atoms with van der Waals surface area (Å²) in [6.45, 7) is 0.584. The number of fused-ring (bicyclic) bond motifs is 1. The predicted octanol–water partition coefficient (Wildman–Crippen LogP) is 3.14. The molecule has 2 aromatic rings. The Morgan fingerprint density at radius 1 is 1.29 bits per heavy atom. The summed E-state index contributed by atoms with van der Waals surface area (Å²) in [5.74, 6) is 6.53. The minimum Gasteiger partial charge on any atom is -0.493 e. The zero-order valence-electron chi connectivity index (χ0n) is 11.4. The molecule has 0 radical (unpaired) electrons. The van der Waals surface area contributed by atoms with E-state index in [9.17, 15) is 4.39 Å². The molecule has 2 unspecified atom stereocenters. The highest BCUT2D eigenvalue weighted by molar-refractivity contribution is 9.10. The third-order valence-electron chi connectivity index (χ3n) is 3.91. The molecular formula is C16H16BrFN2O. The predicted molar refractivity (Wildman–Crippen MR) is 83.6 cm³/mol. The number of ether oxygens (including phenoxy) is 1. The lowest BCUT2D eigenvalue weighted by Crippen LogP contribution is -2.42. The van der Waals surface area contributed by atoms with Crippen LogP contribution < -0.4 is 16.0 Å². The lowest BCUT2D eigenvalue weighted by Gasteiger charge is -2.22. The van der Waals surface area contributed by atoms with Crippen LogP contribution in [-0.4, -0.2) is 12.6 Å². The number of hydrazine groups is 1. The van der Waals surface area contributed by atoms with Crippen molar-refractivity contribution in [2.45, 2.75) is 18.4 Å². The van der Waals surface area contributed by atoms with Gasteiger partial charge in [0.1, 0.15) is 11.6 Å². The van der Waals surface area contributed by atoms with Gasteiger partial charge in [0.15, 0.2) is 0 Å². The van der Waals surface area contributed by atoms with Gasteiger partial charge in [0, 0.05) is 17.5 Å². The van der Waals surface area contributed by atoms with Crippen molar-refractivity contribution < 1.29 is 9.13 Å². The van der Waals surface area contributed by atoms with Gasteiger partial charge in [-0.15, -0.1) is 0 Å². The molecule has 3 N–H and O–H groups in total. The first-order valence-electron chi connectivity index (χ1n) is 6.81. The molecule has 0 aliphatic carbocycles. The summed E-state index contributed by atoms with van der Waals surface area (Å²) >= 11 is 3.30. The number of hydrogen-bond donors (Lipinski definition) is 2. The fraction of sp³-hybridized carbons (Fsp3) is 0.250. The van der Waals surface area contributed by atoms with Gasteiger partial charge in [-0.1, -0.05) is 30.3 Å². The number of hydrogen-bond acceptors (Lipinski definition) is 3. The highest BCUT2D eigenvalue weighted by atomic mass is 79.9. The highest BCUT2D eigenvalue weighted by Gasteiger charge is 2.31. The normalized spacial score (nSPS) is 18.1. The fourth-order valence-corrected chi connectivity index (χ4v) is 3.21. The molecule has 1 heterocycles. The van der Waals surface area contributed by atoms with E-state index in [1.807, 2.05) is 24.3 Å². The Labute approximate surface area is 131 Å². The van der Waals surface area contributed by atoms with Crippen LogP contribution in [0.5, 0.6) is 5.75 Å². The van der Waals surface area contributed by atoms with E-state index in [-0.39, 0.29) is 17.8 Å². The fourth-order valence-electron chi connectivity index (χ4n) is 2.78. The molecule has 2 atom stereocenters. The topological polar surface area (TPSA) is 47.3 Å². The van der Waals surface area contributed by atoms with Crippen LogP contribution >= 0.6 is 15.9 Å². The van der Waals surface area contributed by atoms with Gasteiger partial charge in [0.05, 0.1) is 11.1 Å². The Morgan fingerprint density at radius 3 is 2.90 bits per heavy atom. The first-order valence-corrected chi connectivity index (χ1v) is 7.60. The van der Waals surface area contributed by atoms with Crippen molar-refractivity contribution in [1.82, 2.24) is 5.43 Å². The summed E-state index contributed by atoms with van der Waals surface area (Å²) in [5, 5.41) is 0. The Morgan fingerprint density at radius 2 is 2.10 bits per heavy atom. The molecule has 0 bridgehead atoms. The first-order chi connectivity index (χ1) is 10.2. The molecule has 0 spiro atoms. The van der Waals surface area contributed by atoms with Crippen molar-refractivity contribution in [1.29, 1.82) is 0 Å². The monoisotopic (exact) mass is 350 g/mol. The zero-order chi connectivity index (χ0) is 14.8. The molecule has 3 rings (SSSR count). The van der Waals surface area contributed by atoms with Crippen LogP contribution in [0.25, 0.3) is 0 Å². The van der Waals surface area contributed by atoms with Gasteiger partial charge in [-0.2, -0.15) is 0 Å². The van der Waals surface area contributed by atoms with E-state index in [0.29, 0.717) is 17.5 Å². The molecule has 110 valence electrons. The minimum absolute atomic E-state index is 0.0215. The second-order valence-corrected chi connectivity index (χ2v) is 5.94. The van der Waals surface area contributed by atoms with Crippen molar-refractivity contribution in [2.24, 2.45) is 5.84 Å². The molecule has 0 saturated carbocycles. The Hall–Kier alpha value is -1.43. The third-order valence-corrected chi connectivity index (χ3v) is 4.80. The molecule has 1 aliphatic heterocycles. The Balaban J connectivity index is 1.85. The van der Waals surface area contributed by atoms with Gasteiger partial charge in [0.2, 0.25) is 0 Å². The summed E-state index contributed by atoms with van der Waals surface area (Å²) in [6, 6.07) is 13.0. The van der Waals surface area contributed by atoms with E-state index in [1.165, 1.54) is 6.07 Å². The first kappa shape index (κ1) is 14.5. The van der Waals surface area contributed by atoms with E-state index in [0.717, 1.165) is 16.9 Å². The van der Waals surface area contributed by atoms with Crippen molar-refractivity contribution in [3.8, 4) is 5.75 Å². The average molecular weight is 351 g/mol. The van der Waals surface area contributed by atoms with Crippen molar-refractivity contribution >= 4 is 15.9 Å². The van der Waals surface area contributed by atoms with Crippen LogP contribution in [0.4, 0.5) is 4.39 Å². The molecule has 5 heteroatoms. The quantitative estimate of drug-likeness (QED) is 0.657. The molecule has 0 saturated heterocycles. The standard InChI is InChI=1S/C16H16BrFN2O/c17-16-10(4-3-6-13(16)18)8-14(20-19)12-9-21-15-7-2-1-5-11(12)15/h1-7,12,14,20H,8-9,19H2. The summed E-state index contributed by atoms with van der Waals surface area (Å²) in [6.07, 6.45) is 0.622. The summed E-state index contributed by atoms with van der Waals surface area (Å²) in [4.78, 5) is 0. The van der Waals surface area contributed by atoms with Gasteiger partial charge in [0.25, 0.3) is 0 Å². The van der Waals surface area contributed by atoms with Crippen molar-refractivity contribution in [2.75, 3.05) is 6.61 Å². The second-order valence-electron chi connectivity index (χ2n) is 5.15. The van der Waals surface area contributed by atoms with Gasteiger partial charge in [-0.3, -0.25) is 11.3 Å². The summed E-state index contributed by atoms with van der Waals surface area (Å²) in [7, 11) is 0. The minimum atomic E-state index is -0.258. The van der Waals surface area contributed by atoms with Crippen molar-refractivity contribution in [3.05, 3.63) is 63.9 Å². The maximum absolute atomic E-state index is 13.6. The van der Waals surface area contributed by atoms with Gasteiger partial charge in [-0.25, -0.2) is 4.39 Å². The molecule has 2 aromatic carbocycles. The van der Waals surface area contributed by atoms with E-state index in [1.54, 1.807) is 6.07 Å². The average Bonchev–Trinajstić information content (AvgIpc) is 2.93. The molecule has 0 fully saturated rings. The van der Waals surface area contributed by atoms with Crippen LogP contribution in [0, 0.1) is 5.82 Å². The molecule has 0 aromatic heterocycles. The molecule has 3 nitrogen and oxygen atoms in total. The van der Waals surface area contributed by atoms with E-state index >= 15 is 0 Å². The Kier molecular flexibility index (Phi) is 4.24. The highest BCUT2D eigenvalue weighted by Crippen LogP contribution is 2.36. The van der Waals surface area contributed by atoms with Gasteiger partial charge < -0.3 is 4.74 Å². The van der Waals surface area contributed by atoms with E-state index < -0.39 is 0 Å². The summed E-state index contributed by atoms with van der Waals surface area (Å²) in [5.41, 5.74) is 4.89. The van der Waals surface area contributed by atoms with Crippen LogP contribution in [-0.2, 0) is 6.42 Å². The molecular weight excluding hydrogens is 335 g/mol. The SMILES string of the molecule is NNC(Cc1cccc(F)c1Br)C1COc2ccccc21. The van der Waals surface area contributed by atoms with Crippen LogP contribution in [0.2, 0.25) is 0 Å². The number of benzene rings is 2. The number of para-hydroxylation sites is 1. The molecule has 0 amide bonds. The van der Waals surface area contributed by atoms with Crippen LogP contribution in [0.15, 0.2) is 46.9 Å².